The van der Waals surface area contributed by atoms with Crippen LogP contribution in [0.4, 0.5) is 0 Å². The van der Waals surface area contributed by atoms with E-state index in [0.717, 1.165) is 0 Å². The first-order valence-electron chi connectivity index (χ1n) is 10.6. The second-order valence-electron chi connectivity index (χ2n) is 7.71. The Morgan fingerprint density at radius 1 is 0.806 bits per heavy atom. The standard InChI is InChI=1S/C21H28N4O10S/c22-12(8-17(29)30)18(31)24-14(7-10-1-3-11(26)4-2-10)19(32)25-15(9-36)20(33)23-13(21(34)35)5-6-16(27)28/h1-4,12-15,26,36H,5-9,22H2,(H,23,33)(H,24,31)(H,25,32)(H,27,28)(H,29,30)(H,34,35). The van der Waals surface area contributed by atoms with Gasteiger partial charge in [0.25, 0.3) is 0 Å². The van der Waals surface area contributed by atoms with Crippen LogP contribution in [0.5, 0.6) is 5.75 Å². The van der Waals surface area contributed by atoms with E-state index in [1.165, 1.54) is 24.3 Å². The van der Waals surface area contributed by atoms with Crippen molar-refractivity contribution in [1.82, 2.24) is 16.0 Å². The number of aliphatic carboxylic acids is 3. The fraction of sp³-hybridized carbons (Fsp3) is 0.429. The van der Waals surface area contributed by atoms with Crippen molar-refractivity contribution in [2.45, 2.75) is 49.9 Å². The molecule has 4 unspecified atom stereocenters. The van der Waals surface area contributed by atoms with Crippen LogP contribution in [-0.2, 0) is 35.2 Å². The average molecular weight is 529 g/mol. The van der Waals surface area contributed by atoms with E-state index in [1.54, 1.807) is 0 Å². The van der Waals surface area contributed by atoms with Crippen LogP contribution in [-0.4, -0.2) is 86.0 Å². The van der Waals surface area contributed by atoms with E-state index in [-0.39, 0.29) is 17.9 Å². The molecule has 0 saturated carbocycles. The number of amides is 3. The van der Waals surface area contributed by atoms with Gasteiger partial charge in [0.2, 0.25) is 17.7 Å². The third kappa shape index (κ3) is 10.6. The number of nitrogens with two attached hydrogens (primary N) is 1. The minimum absolute atomic E-state index is 0.0463. The number of aromatic hydroxyl groups is 1. The second kappa shape index (κ2) is 14.5. The van der Waals surface area contributed by atoms with Gasteiger partial charge in [-0.05, 0) is 24.1 Å². The lowest BCUT2D eigenvalue weighted by molar-refractivity contribution is -0.143. The Morgan fingerprint density at radius 3 is 1.83 bits per heavy atom. The molecule has 0 bridgehead atoms. The lowest BCUT2D eigenvalue weighted by atomic mass is 10.0. The third-order valence-corrected chi connectivity index (χ3v) is 5.18. The van der Waals surface area contributed by atoms with E-state index >= 15 is 0 Å². The number of benzene rings is 1. The first kappa shape index (κ1) is 30.2. The summed E-state index contributed by atoms with van der Waals surface area (Å²) >= 11 is 3.99. The number of nitrogens with one attached hydrogen (secondary N) is 3. The van der Waals surface area contributed by atoms with Crippen LogP contribution in [0.3, 0.4) is 0 Å². The van der Waals surface area contributed by atoms with E-state index in [1.807, 2.05) is 0 Å². The molecule has 15 heteroatoms. The maximum Gasteiger partial charge on any atom is 0.326 e. The van der Waals surface area contributed by atoms with Gasteiger partial charge >= 0.3 is 17.9 Å². The van der Waals surface area contributed by atoms with Gasteiger partial charge in [-0.2, -0.15) is 12.6 Å². The fourth-order valence-electron chi connectivity index (χ4n) is 2.90. The molecule has 3 amide bonds. The molecule has 0 spiro atoms. The Morgan fingerprint density at radius 2 is 1.33 bits per heavy atom. The Bertz CT molecular complexity index is 972. The molecule has 1 rings (SSSR count). The van der Waals surface area contributed by atoms with Gasteiger partial charge < -0.3 is 42.1 Å². The van der Waals surface area contributed by atoms with Gasteiger partial charge in [0.15, 0.2) is 0 Å². The van der Waals surface area contributed by atoms with Gasteiger partial charge in [-0.3, -0.25) is 24.0 Å². The fourth-order valence-corrected chi connectivity index (χ4v) is 3.16. The summed E-state index contributed by atoms with van der Waals surface area (Å²) < 4.78 is 0. The molecule has 198 valence electrons. The van der Waals surface area contributed by atoms with Crippen LogP contribution in [0.2, 0.25) is 0 Å². The van der Waals surface area contributed by atoms with Crippen LogP contribution in [0.15, 0.2) is 24.3 Å². The molecule has 0 aliphatic heterocycles. The molecule has 0 radical (unpaired) electrons. The number of hydrogen-bond donors (Lipinski definition) is 9. The molecular weight excluding hydrogens is 500 g/mol. The quantitative estimate of drug-likeness (QED) is 0.113. The Labute approximate surface area is 210 Å². The summed E-state index contributed by atoms with van der Waals surface area (Å²) in [5, 5.41) is 43.1. The van der Waals surface area contributed by atoms with Crippen LogP contribution < -0.4 is 21.7 Å². The maximum absolute atomic E-state index is 13.0. The van der Waals surface area contributed by atoms with E-state index in [9.17, 15) is 39.0 Å². The molecule has 9 N–H and O–H groups in total. The van der Waals surface area contributed by atoms with Crippen molar-refractivity contribution in [3.05, 3.63) is 29.8 Å². The monoisotopic (exact) mass is 528 g/mol. The largest absolute Gasteiger partial charge is 0.508 e. The minimum atomic E-state index is -1.53. The molecular formula is C21H28N4O10S. The molecule has 0 fully saturated rings. The number of hydrogen-bond acceptors (Lipinski definition) is 9. The van der Waals surface area contributed by atoms with Gasteiger partial charge in [0.05, 0.1) is 12.5 Å². The van der Waals surface area contributed by atoms with Crippen molar-refractivity contribution in [2.75, 3.05) is 5.75 Å². The molecule has 0 aliphatic rings. The molecule has 1 aromatic carbocycles. The van der Waals surface area contributed by atoms with Crippen LogP contribution in [0.25, 0.3) is 0 Å². The highest BCUT2D eigenvalue weighted by atomic mass is 32.1. The predicted molar refractivity (Wildman–Crippen MR) is 126 cm³/mol. The van der Waals surface area contributed by atoms with E-state index in [2.05, 4.69) is 28.6 Å². The number of thiol groups is 1. The van der Waals surface area contributed by atoms with Crippen molar-refractivity contribution >= 4 is 48.3 Å². The second-order valence-corrected chi connectivity index (χ2v) is 8.08. The summed E-state index contributed by atoms with van der Waals surface area (Å²) in [7, 11) is 0. The number of carbonyl (C=O) groups is 6. The van der Waals surface area contributed by atoms with Crippen molar-refractivity contribution in [3.8, 4) is 5.75 Å². The summed E-state index contributed by atoms with van der Waals surface area (Å²) in [4.78, 5) is 70.8. The zero-order valence-corrected chi connectivity index (χ0v) is 19.8. The minimum Gasteiger partial charge on any atom is -0.508 e. The maximum atomic E-state index is 13.0. The molecule has 0 heterocycles. The van der Waals surface area contributed by atoms with Gasteiger partial charge in [-0.15, -0.1) is 0 Å². The Hall–Kier alpha value is -3.85. The summed E-state index contributed by atoms with van der Waals surface area (Å²) in [6, 6.07) is -0.0610. The highest BCUT2D eigenvalue weighted by Crippen LogP contribution is 2.12. The van der Waals surface area contributed by atoms with Gasteiger partial charge in [-0.1, -0.05) is 12.1 Å². The molecule has 1 aromatic rings. The number of carboxylic acid groups (broad SMARTS) is 3. The topological polar surface area (TPSA) is 245 Å². The molecule has 36 heavy (non-hydrogen) atoms. The number of carboxylic acids is 3. The summed E-state index contributed by atoms with van der Waals surface area (Å²) in [6.07, 6.45) is -1.75. The summed E-state index contributed by atoms with van der Waals surface area (Å²) in [5.41, 5.74) is 6.05. The number of phenolic OH excluding ortho intramolecular Hbond substituents is 1. The first-order valence-corrected chi connectivity index (χ1v) is 11.2. The summed E-state index contributed by atoms with van der Waals surface area (Å²) in [5.74, 6) is -7.17. The SMILES string of the molecule is NC(CC(=O)O)C(=O)NC(Cc1ccc(O)cc1)C(=O)NC(CS)C(=O)NC(CCC(=O)O)C(=O)O. The Balaban J connectivity index is 3.01. The molecule has 0 saturated heterocycles. The highest BCUT2D eigenvalue weighted by Gasteiger charge is 2.30. The van der Waals surface area contributed by atoms with E-state index in [0.29, 0.717) is 5.56 Å². The smallest absolute Gasteiger partial charge is 0.326 e. The van der Waals surface area contributed by atoms with E-state index in [4.69, 9.17) is 15.9 Å². The van der Waals surface area contributed by atoms with Gasteiger partial charge in [0.1, 0.15) is 23.9 Å². The lowest BCUT2D eigenvalue weighted by Gasteiger charge is -2.24. The zero-order chi connectivity index (χ0) is 27.4. The highest BCUT2D eigenvalue weighted by molar-refractivity contribution is 7.80. The number of carbonyl (C=O) groups excluding carboxylic acids is 3. The molecule has 0 aromatic heterocycles. The Kier molecular flexibility index (Phi) is 12.2. The van der Waals surface area contributed by atoms with E-state index < -0.39 is 79.1 Å². The average Bonchev–Trinajstić information content (AvgIpc) is 2.79. The van der Waals surface area contributed by atoms with Crippen LogP contribution in [0, 0.1) is 0 Å². The van der Waals surface area contributed by atoms with Gasteiger partial charge in [0, 0.05) is 18.6 Å². The first-order chi connectivity index (χ1) is 16.8. The lowest BCUT2D eigenvalue weighted by Crippen LogP contribution is -2.58. The molecule has 14 nitrogen and oxygen atoms in total. The summed E-state index contributed by atoms with van der Waals surface area (Å²) in [6.45, 7) is 0. The van der Waals surface area contributed by atoms with Crippen molar-refractivity contribution in [1.29, 1.82) is 0 Å². The van der Waals surface area contributed by atoms with Gasteiger partial charge in [-0.25, -0.2) is 4.79 Å². The van der Waals surface area contributed by atoms with Crippen molar-refractivity contribution < 1.29 is 49.2 Å². The van der Waals surface area contributed by atoms with Crippen molar-refractivity contribution in [2.24, 2.45) is 5.73 Å². The van der Waals surface area contributed by atoms with Crippen LogP contribution >= 0.6 is 12.6 Å². The van der Waals surface area contributed by atoms with Crippen LogP contribution in [0.1, 0.15) is 24.8 Å². The molecule has 4 atom stereocenters. The third-order valence-electron chi connectivity index (χ3n) is 4.82. The zero-order valence-electron chi connectivity index (χ0n) is 18.9. The normalized spacial score (nSPS) is 13.9. The van der Waals surface area contributed by atoms with Crippen molar-refractivity contribution in [3.63, 3.8) is 0 Å². The molecule has 0 aliphatic carbocycles. The predicted octanol–water partition coefficient (Wildman–Crippen LogP) is -1.93. The number of phenols is 1. The number of rotatable bonds is 15.